The van der Waals surface area contributed by atoms with E-state index in [0.717, 1.165) is 17.4 Å². The number of anilines is 1. The zero-order valence-corrected chi connectivity index (χ0v) is 17.2. The smallest absolute Gasteiger partial charge is 0.406 e. The third-order valence-electron chi connectivity index (χ3n) is 4.13. The van der Waals surface area contributed by atoms with E-state index in [9.17, 15) is 28.1 Å². The number of carbonyl (C=O) groups is 1. The van der Waals surface area contributed by atoms with Crippen LogP contribution >= 0.6 is 11.3 Å². The Labute approximate surface area is 178 Å². The molecule has 2 aromatic carbocycles. The highest BCUT2D eigenvalue weighted by Gasteiger charge is 2.31. The molecule has 3 rings (SSSR count). The minimum Gasteiger partial charge on any atom is -0.406 e. The zero-order valence-electron chi connectivity index (χ0n) is 16.4. The number of rotatable bonds is 7. The molecule has 0 atom stereocenters. The van der Waals surface area contributed by atoms with Crippen LogP contribution in [0.4, 0.5) is 24.0 Å². The van der Waals surface area contributed by atoms with Gasteiger partial charge in [-0.1, -0.05) is 17.4 Å². The number of thiazole rings is 1. The summed E-state index contributed by atoms with van der Waals surface area (Å²) in [5.74, 6) is -0.892. The normalized spacial score (nSPS) is 11.7. The molecule has 0 aliphatic carbocycles. The number of benzene rings is 2. The number of non-ortho nitro benzene ring substituents is 1. The van der Waals surface area contributed by atoms with Crippen LogP contribution in [0.3, 0.4) is 0 Å². The summed E-state index contributed by atoms with van der Waals surface area (Å²) in [7, 11) is 3.63. The maximum Gasteiger partial charge on any atom is 0.573 e. The standard InChI is InChI=1S/C19H17F3N4O4S/c1-24(2)8-9-25(17(27)12-4-3-5-13(10-12)26(28)29)18-23-15-7-6-14(11-16(15)31-18)30-19(20,21)22/h3-7,10-11H,8-9H2,1-2H3. The SMILES string of the molecule is CN(C)CCN(C(=O)c1cccc([N+](=O)[O-])c1)c1nc2ccc(OC(F)(F)F)cc2s1. The number of halogens is 3. The Morgan fingerprint density at radius 2 is 1.94 bits per heavy atom. The van der Waals surface area contributed by atoms with Crippen molar-refractivity contribution >= 4 is 38.3 Å². The molecule has 0 N–H and O–H groups in total. The monoisotopic (exact) mass is 454 g/mol. The number of nitrogens with zero attached hydrogens (tertiary/aromatic N) is 4. The molecule has 0 aliphatic heterocycles. The van der Waals surface area contributed by atoms with Crippen LogP contribution in [0.2, 0.25) is 0 Å². The fourth-order valence-electron chi connectivity index (χ4n) is 2.70. The molecule has 0 spiro atoms. The van der Waals surface area contributed by atoms with Gasteiger partial charge in [-0.2, -0.15) is 0 Å². The Morgan fingerprint density at radius 3 is 2.58 bits per heavy atom. The Bertz CT molecular complexity index is 1120. The lowest BCUT2D eigenvalue weighted by atomic mass is 10.2. The molecular formula is C19H17F3N4O4S. The quantitative estimate of drug-likeness (QED) is 0.390. The molecule has 1 amide bonds. The molecule has 8 nitrogen and oxygen atoms in total. The molecule has 1 aromatic heterocycles. The van der Waals surface area contributed by atoms with Crippen molar-refractivity contribution in [2.24, 2.45) is 0 Å². The average molecular weight is 454 g/mol. The molecule has 1 heterocycles. The fraction of sp³-hybridized carbons (Fsp3) is 0.263. The summed E-state index contributed by atoms with van der Waals surface area (Å²) in [5.41, 5.74) is 0.279. The van der Waals surface area contributed by atoms with E-state index in [2.05, 4.69) is 9.72 Å². The topological polar surface area (TPSA) is 88.8 Å². The summed E-state index contributed by atoms with van der Waals surface area (Å²) in [5, 5.41) is 11.3. The summed E-state index contributed by atoms with van der Waals surface area (Å²) in [6.07, 6.45) is -4.82. The lowest BCUT2D eigenvalue weighted by Gasteiger charge is -2.22. The van der Waals surface area contributed by atoms with Gasteiger partial charge in [0.1, 0.15) is 5.75 Å². The van der Waals surface area contributed by atoms with Crippen LogP contribution in [-0.4, -0.2) is 54.3 Å². The van der Waals surface area contributed by atoms with Crippen LogP contribution in [0.1, 0.15) is 10.4 Å². The van der Waals surface area contributed by atoms with E-state index in [0.29, 0.717) is 16.8 Å². The molecule has 0 saturated carbocycles. The van der Waals surface area contributed by atoms with E-state index in [1.165, 1.54) is 41.3 Å². The number of ether oxygens (including phenoxy) is 1. The molecule has 0 saturated heterocycles. The number of aromatic nitrogens is 1. The number of carbonyl (C=O) groups excluding carboxylic acids is 1. The summed E-state index contributed by atoms with van der Waals surface area (Å²) in [6, 6.07) is 9.04. The Balaban J connectivity index is 1.97. The van der Waals surface area contributed by atoms with Crippen molar-refractivity contribution in [2.75, 3.05) is 32.1 Å². The number of hydrogen-bond donors (Lipinski definition) is 0. The highest BCUT2D eigenvalue weighted by atomic mass is 32.1. The summed E-state index contributed by atoms with van der Waals surface area (Å²) in [4.78, 5) is 31.2. The minimum atomic E-state index is -4.82. The second-order valence-electron chi connectivity index (χ2n) is 6.74. The van der Waals surface area contributed by atoms with Crippen LogP contribution in [0, 0.1) is 10.1 Å². The van der Waals surface area contributed by atoms with E-state index in [1.54, 1.807) is 0 Å². The Kier molecular flexibility index (Phi) is 6.41. The Hall–Kier alpha value is -3.25. The number of amides is 1. The van der Waals surface area contributed by atoms with Gasteiger partial charge in [-0.3, -0.25) is 19.8 Å². The van der Waals surface area contributed by atoms with Gasteiger partial charge in [0, 0.05) is 36.9 Å². The number of likely N-dealkylation sites (N-methyl/N-ethyl adjacent to an activating group) is 1. The minimum absolute atomic E-state index is 0.105. The van der Waals surface area contributed by atoms with Crippen LogP contribution < -0.4 is 9.64 Å². The maximum absolute atomic E-state index is 13.1. The third kappa shape index (κ3) is 5.67. The van der Waals surface area contributed by atoms with Gasteiger partial charge in [0.2, 0.25) is 0 Å². The van der Waals surface area contributed by atoms with Crippen LogP contribution in [0.15, 0.2) is 42.5 Å². The molecule has 12 heteroatoms. The van der Waals surface area contributed by atoms with Crippen LogP contribution in [-0.2, 0) is 0 Å². The van der Waals surface area contributed by atoms with E-state index in [-0.39, 0.29) is 28.7 Å². The summed E-state index contributed by atoms with van der Waals surface area (Å²) in [6.45, 7) is 0.694. The first-order chi connectivity index (χ1) is 14.5. The second kappa shape index (κ2) is 8.86. The first-order valence-electron chi connectivity index (χ1n) is 8.91. The van der Waals surface area contributed by atoms with Crippen molar-refractivity contribution in [2.45, 2.75) is 6.36 Å². The van der Waals surface area contributed by atoms with Crippen molar-refractivity contribution in [3.8, 4) is 5.75 Å². The lowest BCUT2D eigenvalue weighted by molar-refractivity contribution is -0.384. The van der Waals surface area contributed by atoms with Gasteiger partial charge in [-0.15, -0.1) is 13.2 Å². The van der Waals surface area contributed by atoms with Gasteiger partial charge in [0.05, 0.1) is 15.1 Å². The van der Waals surface area contributed by atoms with Crippen molar-refractivity contribution in [3.63, 3.8) is 0 Å². The van der Waals surface area contributed by atoms with Gasteiger partial charge < -0.3 is 9.64 Å². The van der Waals surface area contributed by atoms with Gasteiger partial charge in [-0.05, 0) is 32.3 Å². The predicted octanol–water partition coefficient (Wildman–Crippen LogP) is 4.31. The van der Waals surface area contributed by atoms with Gasteiger partial charge in [-0.25, -0.2) is 4.98 Å². The van der Waals surface area contributed by atoms with E-state index < -0.39 is 17.2 Å². The van der Waals surface area contributed by atoms with E-state index in [4.69, 9.17) is 0 Å². The first-order valence-corrected chi connectivity index (χ1v) is 9.72. The molecule has 0 bridgehead atoms. The van der Waals surface area contributed by atoms with E-state index >= 15 is 0 Å². The maximum atomic E-state index is 13.1. The number of nitro benzene ring substituents is 1. The zero-order chi connectivity index (χ0) is 22.8. The van der Waals surface area contributed by atoms with Crippen molar-refractivity contribution in [1.29, 1.82) is 0 Å². The summed E-state index contributed by atoms with van der Waals surface area (Å²) < 4.78 is 41.8. The summed E-state index contributed by atoms with van der Waals surface area (Å²) >= 11 is 1.02. The average Bonchev–Trinajstić information content (AvgIpc) is 3.09. The molecule has 0 unspecified atom stereocenters. The van der Waals surface area contributed by atoms with Crippen molar-refractivity contribution in [1.82, 2.24) is 9.88 Å². The van der Waals surface area contributed by atoms with Gasteiger partial charge in [0.15, 0.2) is 5.13 Å². The van der Waals surface area contributed by atoms with Gasteiger partial charge in [0.25, 0.3) is 11.6 Å². The number of fused-ring (bicyclic) bond motifs is 1. The van der Waals surface area contributed by atoms with Crippen LogP contribution in [0.5, 0.6) is 5.75 Å². The second-order valence-corrected chi connectivity index (χ2v) is 7.75. The largest absolute Gasteiger partial charge is 0.573 e. The molecule has 0 fully saturated rings. The molecular weight excluding hydrogens is 437 g/mol. The van der Waals surface area contributed by atoms with Crippen LogP contribution in [0.25, 0.3) is 10.2 Å². The number of nitro groups is 1. The Morgan fingerprint density at radius 1 is 1.19 bits per heavy atom. The third-order valence-corrected chi connectivity index (χ3v) is 5.17. The highest BCUT2D eigenvalue weighted by molar-refractivity contribution is 7.22. The van der Waals surface area contributed by atoms with Crippen molar-refractivity contribution < 1.29 is 27.6 Å². The van der Waals surface area contributed by atoms with Crippen molar-refractivity contribution in [3.05, 3.63) is 58.1 Å². The van der Waals surface area contributed by atoms with E-state index in [1.807, 2.05) is 19.0 Å². The molecule has 0 aliphatic rings. The number of alkyl halides is 3. The molecule has 3 aromatic rings. The predicted molar refractivity (Wildman–Crippen MR) is 110 cm³/mol. The molecule has 31 heavy (non-hydrogen) atoms. The number of hydrogen-bond acceptors (Lipinski definition) is 7. The molecule has 0 radical (unpaired) electrons. The van der Waals surface area contributed by atoms with Gasteiger partial charge >= 0.3 is 6.36 Å². The molecule has 164 valence electrons. The fourth-order valence-corrected chi connectivity index (χ4v) is 3.72. The highest BCUT2D eigenvalue weighted by Crippen LogP contribution is 2.34. The lowest BCUT2D eigenvalue weighted by Crippen LogP contribution is -2.36. The first kappa shape index (κ1) is 22.4.